The van der Waals surface area contributed by atoms with E-state index in [4.69, 9.17) is 4.74 Å². The van der Waals surface area contributed by atoms with E-state index in [1.54, 1.807) is 28.9 Å². The Bertz CT molecular complexity index is 863. The van der Waals surface area contributed by atoms with Crippen molar-refractivity contribution in [1.82, 2.24) is 15.2 Å². The number of thiophene rings is 1. The van der Waals surface area contributed by atoms with Gasteiger partial charge in [0, 0.05) is 36.2 Å². The topological polar surface area (TPSA) is 54.5 Å². The minimum absolute atomic E-state index is 0.00334. The Morgan fingerprint density at radius 3 is 2.79 bits per heavy atom. The molecule has 1 saturated heterocycles. The molecule has 0 aliphatic carbocycles. The molecule has 0 radical (unpaired) electrons. The lowest BCUT2D eigenvalue weighted by Crippen LogP contribution is -2.41. The first-order valence-electron chi connectivity index (χ1n) is 9.88. The van der Waals surface area contributed by atoms with Gasteiger partial charge in [-0.15, -0.1) is 22.7 Å². The van der Waals surface area contributed by atoms with Crippen molar-refractivity contribution in [2.24, 2.45) is 0 Å². The number of thiazole rings is 1. The van der Waals surface area contributed by atoms with Crippen LogP contribution in [0.5, 0.6) is 0 Å². The molecule has 2 atom stereocenters. The Labute approximate surface area is 179 Å². The second-order valence-corrected chi connectivity index (χ2v) is 9.12. The summed E-state index contributed by atoms with van der Waals surface area (Å²) in [6.07, 6.45) is 4.16. The average molecular weight is 428 g/mol. The summed E-state index contributed by atoms with van der Waals surface area (Å²) in [7, 11) is 0. The molecular formula is C22H25N3O2S2. The molecule has 1 aromatic carbocycles. The van der Waals surface area contributed by atoms with Crippen LogP contribution in [0.25, 0.3) is 0 Å². The van der Waals surface area contributed by atoms with Gasteiger partial charge in [-0.05, 0) is 29.9 Å². The lowest BCUT2D eigenvalue weighted by molar-refractivity contribution is -0.123. The van der Waals surface area contributed by atoms with Crippen molar-refractivity contribution in [1.29, 1.82) is 0 Å². The molecule has 0 bridgehead atoms. The Kier molecular flexibility index (Phi) is 7.05. The summed E-state index contributed by atoms with van der Waals surface area (Å²) in [6, 6.07) is 14.0. The molecule has 5 nitrogen and oxygen atoms in total. The van der Waals surface area contributed by atoms with Crippen LogP contribution in [-0.4, -0.2) is 41.6 Å². The molecule has 29 heavy (non-hydrogen) atoms. The normalized spacial score (nSPS) is 17.5. The van der Waals surface area contributed by atoms with Crippen molar-refractivity contribution in [2.45, 2.75) is 31.5 Å². The molecule has 3 heterocycles. The zero-order chi connectivity index (χ0) is 19.9. The van der Waals surface area contributed by atoms with Crippen molar-refractivity contribution in [2.75, 3.05) is 19.7 Å². The number of rotatable bonds is 9. The molecule has 7 heteroatoms. The van der Waals surface area contributed by atoms with Gasteiger partial charge in [-0.2, -0.15) is 0 Å². The third-order valence-electron chi connectivity index (χ3n) is 4.95. The first-order valence-corrected chi connectivity index (χ1v) is 11.6. The third kappa shape index (κ3) is 5.73. The van der Waals surface area contributed by atoms with Gasteiger partial charge in [-0.25, -0.2) is 4.98 Å². The fourth-order valence-corrected chi connectivity index (χ4v) is 5.06. The van der Waals surface area contributed by atoms with Crippen LogP contribution in [0.1, 0.15) is 34.3 Å². The predicted molar refractivity (Wildman–Crippen MR) is 117 cm³/mol. The number of benzene rings is 1. The number of amides is 1. The van der Waals surface area contributed by atoms with E-state index in [2.05, 4.69) is 32.7 Å². The van der Waals surface area contributed by atoms with Crippen LogP contribution >= 0.6 is 22.7 Å². The Morgan fingerprint density at radius 2 is 2.10 bits per heavy atom. The van der Waals surface area contributed by atoms with Crippen LogP contribution in [0.3, 0.4) is 0 Å². The summed E-state index contributed by atoms with van der Waals surface area (Å²) in [5.74, 6) is 0.00334. The van der Waals surface area contributed by atoms with Gasteiger partial charge in [0.15, 0.2) is 0 Å². The zero-order valence-electron chi connectivity index (χ0n) is 16.2. The smallest absolute Gasteiger partial charge is 0.235 e. The van der Waals surface area contributed by atoms with E-state index in [9.17, 15) is 4.79 Å². The van der Waals surface area contributed by atoms with Crippen molar-refractivity contribution < 1.29 is 9.53 Å². The predicted octanol–water partition coefficient (Wildman–Crippen LogP) is 4.09. The van der Waals surface area contributed by atoms with Crippen LogP contribution in [0.15, 0.2) is 59.4 Å². The van der Waals surface area contributed by atoms with Crippen LogP contribution in [0.4, 0.5) is 0 Å². The fraction of sp³-hybridized carbons (Fsp3) is 0.364. The molecule has 1 N–H and O–H groups in total. The standard InChI is InChI=1S/C22H25N3O2S2/c26-20(24-21(22-23-10-13-29-22)17-6-2-1-3-7-17)16-25(14-18-8-4-11-27-18)15-19-9-5-12-28-19/h1-3,5-7,9-10,12-13,18,21H,4,8,11,14-16H2,(H,24,26). The summed E-state index contributed by atoms with van der Waals surface area (Å²) in [5.41, 5.74) is 1.04. The van der Waals surface area contributed by atoms with Gasteiger partial charge in [-0.1, -0.05) is 36.4 Å². The van der Waals surface area contributed by atoms with Gasteiger partial charge in [0.1, 0.15) is 11.0 Å². The van der Waals surface area contributed by atoms with Crippen molar-refractivity contribution >= 4 is 28.6 Å². The minimum atomic E-state index is -0.227. The monoisotopic (exact) mass is 427 g/mol. The molecular weight excluding hydrogens is 402 g/mol. The summed E-state index contributed by atoms with van der Waals surface area (Å²) >= 11 is 3.28. The highest BCUT2D eigenvalue weighted by atomic mass is 32.1. The number of nitrogens with one attached hydrogen (secondary N) is 1. The molecule has 1 aliphatic rings. The Balaban J connectivity index is 1.45. The van der Waals surface area contributed by atoms with E-state index >= 15 is 0 Å². The highest BCUT2D eigenvalue weighted by molar-refractivity contribution is 7.10. The van der Waals surface area contributed by atoms with Gasteiger partial charge in [0.05, 0.1) is 12.6 Å². The van der Waals surface area contributed by atoms with Crippen LogP contribution in [-0.2, 0) is 16.1 Å². The van der Waals surface area contributed by atoms with Crippen molar-refractivity contribution in [3.8, 4) is 0 Å². The van der Waals surface area contributed by atoms with E-state index < -0.39 is 0 Å². The first kappa shape index (κ1) is 20.2. The maximum absolute atomic E-state index is 13.0. The summed E-state index contributed by atoms with van der Waals surface area (Å²) < 4.78 is 5.82. The maximum atomic E-state index is 13.0. The van der Waals surface area contributed by atoms with Gasteiger partial charge in [0.25, 0.3) is 0 Å². The zero-order valence-corrected chi connectivity index (χ0v) is 17.8. The number of ether oxygens (including phenoxy) is 1. The summed E-state index contributed by atoms with van der Waals surface area (Å²) in [5, 5.41) is 8.12. The molecule has 3 aromatic rings. The van der Waals surface area contributed by atoms with Crippen LogP contribution < -0.4 is 5.32 Å². The maximum Gasteiger partial charge on any atom is 0.235 e. The van der Waals surface area contributed by atoms with Gasteiger partial charge in [0.2, 0.25) is 5.91 Å². The molecule has 152 valence electrons. The fourth-order valence-electron chi connectivity index (χ4n) is 3.60. The molecule has 2 unspecified atom stereocenters. The molecule has 4 rings (SSSR count). The lowest BCUT2D eigenvalue weighted by atomic mass is 10.1. The largest absolute Gasteiger partial charge is 0.377 e. The number of hydrogen-bond donors (Lipinski definition) is 1. The summed E-state index contributed by atoms with van der Waals surface area (Å²) in [4.78, 5) is 20.9. The number of nitrogens with zero attached hydrogens (tertiary/aromatic N) is 2. The molecule has 1 amide bonds. The number of hydrogen-bond acceptors (Lipinski definition) is 6. The third-order valence-corrected chi connectivity index (χ3v) is 6.65. The molecule has 0 spiro atoms. The van der Waals surface area contributed by atoms with Crippen LogP contribution in [0, 0.1) is 0 Å². The van der Waals surface area contributed by atoms with E-state index in [0.29, 0.717) is 6.54 Å². The second kappa shape index (κ2) is 10.1. The van der Waals surface area contributed by atoms with Gasteiger partial charge < -0.3 is 10.1 Å². The number of carbonyl (C=O) groups is 1. The Hall–Kier alpha value is -2.06. The SMILES string of the molecule is O=C(CN(Cc1cccs1)CC1CCCO1)NC(c1ccccc1)c1nccs1. The van der Waals surface area contributed by atoms with E-state index in [1.807, 2.05) is 35.7 Å². The quantitative estimate of drug-likeness (QED) is 0.559. The highest BCUT2D eigenvalue weighted by Gasteiger charge is 2.24. The molecule has 1 aliphatic heterocycles. The molecule has 0 saturated carbocycles. The van der Waals surface area contributed by atoms with Gasteiger partial charge >= 0.3 is 0 Å². The highest BCUT2D eigenvalue weighted by Crippen LogP contribution is 2.24. The van der Waals surface area contributed by atoms with Gasteiger partial charge in [-0.3, -0.25) is 9.69 Å². The number of carbonyl (C=O) groups excluding carboxylic acids is 1. The second-order valence-electron chi connectivity index (χ2n) is 7.17. The molecule has 2 aromatic heterocycles. The Morgan fingerprint density at radius 1 is 1.21 bits per heavy atom. The average Bonchev–Trinajstić information content (AvgIpc) is 3.50. The number of aromatic nitrogens is 1. The lowest BCUT2D eigenvalue weighted by Gasteiger charge is -2.25. The molecule has 1 fully saturated rings. The summed E-state index contributed by atoms with van der Waals surface area (Å²) in [6.45, 7) is 2.70. The van der Waals surface area contributed by atoms with E-state index in [0.717, 1.165) is 43.1 Å². The van der Waals surface area contributed by atoms with E-state index in [1.165, 1.54) is 4.88 Å². The minimum Gasteiger partial charge on any atom is -0.377 e. The van der Waals surface area contributed by atoms with Crippen molar-refractivity contribution in [3.05, 3.63) is 74.9 Å². The van der Waals surface area contributed by atoms with E-state index in [-0.39, 0.29) is 18.1 Å². The first-order chi connectivity index (χ1) is 14.3. The van der Waals surface area contributed by atoms with Crippen LogP contribution in [0.2, 0.25) is 0 Å². The van der Waals surface area contributed by atoms with Crippen molar-refractivity contribution in [3.63, 3.8) is 0 Å².